The van der Waals surface area contributed by atoms with E-state index < -0.39 is 0 Å². The van der Waals surface area contributed by atoms with Gasteiger partial charge in [0.25, 0.3) is 0 Å². The smallest absolute Gasteiger partial charge is 0.0734 e. The van der Waals surface area contributed by atoms with Gasteiger partial charge in [-0.3, -0.25) is 4.98 Å². The molecule has 1 aromatic rings. The van der Waals surface area contributed by atoms with Crippen LogP contribution in [0.1, 0.15) is 11.1 Å². The van der Waals surface area contributed by atoms with Crippen LogP contribution in [0.4, 0.5) is 0 Å². The molecule has 0 saturated heterocycles. The maximum absolute atomic E-state index is 4.91. The van der Waals surface area contributed by atoms with E-state index >= 15 is 0 Å². The fourth-order valence-corrected chi connectivity index (χ4v) is 0.786. The van der Waals surface area contributed by atoms with Crippen LogP contribution < -0.4 is 0 Å². The van der Waals surface area contributed by atoms with Gasteiger partial charge in [0.05, 0.1) is 6.61 Å². The number of pyridine rings is 1. The predicted octanol–water partition coefficient (Wildman–Crippen LogP) is 1.34. The Morgan fingerprint density at radius 1 is 1.60 bits per heavy atom. The predicted molar refractivity (Wildman–Crippen MR) is 38.5 cm³/mol. The second-order valence-electron chi connectivity index (χ2n) is 2.17. The second kappa shape index (κ2) is 3.32. The Hall–Kier alpha value is -0.890. The van der Waals surface area contributed by atoms with E-state index in [0.29, 0.717) is 6.61 Å². The molecule has 1 aromatic heterocycles. The summed E-state index contributed by atoms with van der Waals surface area (Å²) in [4.78, 5) is 3.99. The average molecular weight is 136 g/mol. The van der Waals surface area contributed by atoms with Gasteiger partial charge in [-0.2, -0.15) is 0 Å². The summed E-state index contributed by atoms with van der Waals surface area (Å²) >= 11 is 0. The number of hydrogen-bond donors (Lipinski definition) is 0. The van der Waals surface area contributed by atoms with Gasteiger partial charge in [0.2, 0.25) is 0 Å². The molecular formula is C8H10NO. The zero-order valence-corrected chi connectivity index (χ0v) is 6.22. The summed E-state index contributed by atoms with van der Waals surface area (Å²) in [5, 5.41) is 0. The molecular weight excluding hydrogens is 126 g/mol. The van der Waals surface area contributed by atoms with Crippen molar-refractivity contribution in [3.63, 3.8) is 0 Å². The van der Waals surface area contributed by atoms with Crippen molar-refractivity contribution in [1.82, 2.24) is 4.98 Å². The molecule has 1 rings (SSSR count). The molecule has 0 atom stereocenters. The maximum Gasteiger partial charge on any atom is 0.0734 e. The van der Waals surface area contributed by atoms with Crippen LogP contribution in [0.25, 0.3) is 0 Å². The Morgan fingerprint density at radius 2 is 2.40 bits per heavy atom. The first-order valence-corrected chi connectivity index (χ1v) is 3.14. The van der Waals surface area contributed by atoms with Crippen molar-refractivity contribution < 1.29 is 4.74 Å². The van der Waals surface area contributed by atoms with Gasteiger partial charge in [-0.05, 0) is 18.6 Å². The number of aryl methyl sites for hydroxylation is 1. The van der Waals surface area contributed by atoms with E-state index in [-0.39, 0.29) is 0 Å². The lowest BCUT2D eigenvalue weighted by Gasteiger charge is -1.97. The Morgan fingerprint density at radius 3 is 3.00 bits per heavy atom. The van der Waals surface area contributed by atoms with Crippen molar-refractivity contribution in [2.24, 2.45) is 0 Å². The van der Waals surface area contributed by atoms with Gasteiger partial charge in [-0.15, -0.1) is 0 Å². The molecule has 0 spiro atoms. The molecule has 0 aromatic carbocycles. The van der Waals surface area contributed by atoms with E-state index in [9.17, 15) is 0 Å². The second-order valence-corrected chi connectivity index (χ2v) is 2.17. The van der Waals surface area contributed by atoms with Crippen LogP contribution in [0, 0.1) is 13.0 Å². The van der Waals surface area contributed by atoms with Gasteiger partial charge in [-0.25, -0.2) is 0 Å². The Bertz CT molecular complexity index is 210. The third kappa shape index (κ3) is 1.81. The monoisotopic (exact) mass is 136 g/mol. The molecule has 0 aliphatic heterocycles. The summed E-state index contributed by atoms with van der Waals surface area (Å²) in [6.45, 7) is 2.56. The third-order valence-electron chi connectivity index (χ3n) is 1.16. The first-order chi connectivity index (χ1) is 4.83. The van der Waals surface area contributed by atoms with Crippen LogP contribution in [0.3, 0.4) is 0 Å². The lowest BCUT2D eigenvalue weighted by molar-refractivity contribution is 0.184. The number of methoxy groups -OCH3 is 1. The summed E-state index contributed by atoms with van der Waals surface area (Å²) in [5.74, 6) is 0. The highest BCUT2D eigenvalue weighted by atomic mass is 16.5. The third-order valence-corrected chi connectivity index (χ3v) is 1.16. The van der Waals surface area contributed by atoms with Crippen LogP contribution in [-0.4, -0.2) is 12.1 Å². The maximum atomic E-state index is 4.91. The van der Waals surface area contributed by atoms with Crippen molar-refractivity contribution in [2.45, 2.75) is 13.5 Å². The molecule has 2 nitrogen and oxygen atoms in total. The van der Waals surface area contributed by atoms with E-state index in [4.69, 9.17) is 4.74 Å². The molecule has 0 amide bonds. The van der Waals surface area contributed by atoms with Crippen LogP contribution in [0.15, 0.2) is 12.4 Å². The number of hydrogen-bond acceptors (Lipinski definition) is 2. The minimum atomic E-state index is 0.592. The number of nitrogens with zero attached hydrogens (tertiary/aromatic N) is 1. The zero-order chi connectivity index (χ0) is 7.40. The minimum Gasteiger partial charge on any atom is -0.380 e. The molecule has 0 fully saturated rings. The van der Waals surface area contributed by atoms with Gasteiger partial charge in [-0.1, -0.05) is 0 Å². The van der Waals surface area contributed by atoms with Crippen molar-refractivity contribution in [3.8, 4) is 0 Å². The largest absolute Gasteiger partial charge is 0.380 e. The molecule has 0 aliphatic carbocycles. The standard InChI is InChI=1S/C8H10NO/c1-7-3-8(6-10-2)5-9-4-7/h4-5H,6H2,1-2H3. The molecule has 0 bridgehead atoms. The first-order valence-electron chi connectivity index (χ1n) is 3.14. The van der Waals surface area contributed by atoms with Crippen LogP contribution >= 0.6 is 0 Å². The lowest BCUT2D eigenvalue weighted by Crippen LogP contribution is -1.89. The highest BCUT2D eigenvalue weighted by Crippen LogP contribution is 2.00. The van der Waals surface area contributed by atoms with Gasteiger partial charge in [0.1, 0.15) is 0 Å². The van der Waals surface area contributed by atoms with Gasteiger partial charge in [0, 0.05) is 25.1 Å². The minimum absolute atomic E-state index is 0.592. The van der Waals surface area contributed by atoms with E-state index in [0.717, 1.165) is 11.1 Å². The van der Waals surface area contributed by atoms with Crippen LogP contribution in [0.2, 0.25) is 0 Å². The normalized spacial score (nSPS) is 9.80. The molecule has 10 heavy (non-hydrogen) atoms. The molecule has 0 unspecified atom stereocenters. The van der Waals surface area contributed by atoms with E-state index in [2.05, 4.69) is 11.1 Å². The fraction of sp³-hybridized carbons (Fsp3) is 0.375. The topological polar surface area (TPSA) is 22.1 Å². The molecule has 0 N–H and O–H groups in total. The zero-order valence-electron chi connectivity index (χ0n) is 6.22. The van der Waals surface area contributed by atoms with Gasteiger partial charge >= 0.3 is 0 Å². The summed E-state index contributed by atoms with van der Waals surface area (Å²) in [7, 11) is 1.66. The number of aromatic nitrogens is 1. The van der Waals surface area contributed by atoms with Crippen molar-refractivity contribution in [3.05, 3.63) is 29.6 Å². The molecule has 1 radical (unpaired) electrons. The van der Waals surface area contributed by atoms with E-state index in [1.165, 1.54) is 0 Å². The molecule has 53 valence electrons. The Kier molecular flexibility index (Phi) is 2.40. The van der Waals surface area contributed by atoms with Gasteiger partial charge in [0.15, 0.2) is 0 Å². The van der Waals surface area contributed by atoms with Crippen LogP contribution in [0.5, 0.6) is 0 Å². The van der Waals surface area contributed by atoms with E-state index in [1.807, 2.05) is 6.92 Å². The van der Waals surface area contributed by atoms with Gasteiger partial charge < -0.3 is 4.74 Å². The molecule has 2 heteroatoms. The molecule has 0 saturated carbocycles. The molecule has 1 heterocycles. The summed E-state index contributed by atoms with van der Waals surface area (Å²) in [5.41, 5.74) is 2.05. The Labute approximate surface area is 60.9 Å². The number of ether oxygens (including phenoxy) is 1. The highest BCUT2D eigenvalue weighted by Gasteiger charge is 1.91. The fourth-order valence-electron chi connectivity index (χ4n) is 0.786. The quantitative estimate of drug-likeness (QED) is 0.612. The lowest BCUT2D eigenvalue weighted by atomic mass is 10.2. The highest BCUT2D eigenvalue weighted by molar-refractivity contribution is 5.13. The first kappa shape index (κ1) is 7.22. The average Bonchev–Trinajstić information content (AvgIpc) is 1.88. The van der Waals surface area contributed by atoms with E-state index in [1.54, 1.807) is 19.5 Å². The van der Waals surface area contributed by atoms with Crippen molar-refractivity contribution in [2.75, 3.05) is 7.11 Å². The van der Waals surface area contributed by atoms with Crippen molar-refractivity contribution >= 4 is 0 Å². The summed E-state index contributed by atoms with van der Waals surface area (Å²) < 4.78 is 4.91. The van der Waals surface area contributed by atoms with Crippen molar-refractivity contribution in [1.29, 1.82) is 0 Å². The molecule has 0 aliphatic rings. The summed E-state index contributed by atoms with van der Waals surface area (Å²) in [6, 6.07) is 3.12. The number of rotatable bonds is 2. The van der Waals surface area contributed by atoms with Crippen LogP contribution in [-0.2, 0) is 11.3 Å². The Balaban J connectivity index is 2.75. The summed E-state index contributed by atoms with van der Waals surface area (Å²) in [6.07, 6.45) is 3.54. The SMILES string of the molecule is COCc1[c]c(C)cnc1.